The number of aliphatic hydroxyl groups excluding tert-OH is 1. The molecule has 4 nitrogen and oxygen atoms in total. The minimum atomic E-state index is -0.257. The van der Waals surface area contributed by atoms with E-state index in [-0.39, 0.29) is 12.5 Å². The molecule has 0 fully saturated rings. The van der Waals surface area contributed by atoms with Crippen molar-refractivity contribution in [1.82, 2.24) is 4.98 Å². The summed E-state index contributed by atoms with van der Waals surface area (Å²) in [5, 5.41) is 11.7. The second-order valence-electron chi connectivity index (χ2n) is 4.58. The third-order valence-corrected chi connectivity index (χ3v) is 3.22. The quantitative estimate of drug-likeness (QED) is 0.830. The van der Waals surface area contributed by atoms with Gasteiger partial charge in [-0.05, 0) is 37.1 Å². The number of carbonyl (C=O) groups excluding carboxylic acids is 1. The van der Waals surface area contributed by atoms with Crippen LogP contribution in [0.3, 0.4) is 0 Å². The second kappa shape index (κ2) is 6.69. The summed E-state index contributed by atoms with van der Waals surface area (Å²) >= 11 is 0. The van der Waals surface area contributed by atoms with Crippen molar-refractivity contribution in [1.29, 1.82) is 0 Å². The molecule has 0 atom stereocenters. The topological polar surface area (TPSA) is 62.2 Å². The van der Waals surface area contributed by atoms with Crippen LogP contribution in [0.2, 0.25) is 0 Å². The van der Waals surface area contributed by atoms with E-state index >= 15 is 0 Å². The smallest absolute Gasteiger partial charge is 0.257 e. The average molecular weight is 280 g/mol. The second-order valence-corrected chi connectivity index (χ2v) is 4.58. The highest BCUT2D eigenvalue weighted by Crippen LogP contribution is 2.19. The van der Waals surface area contributed by atoms with Gasteiger partial charge in [0.15, 0.2) is 0 Å². The SMILES string of the molecule is Cc1cccc(NC(=O)c2ccncc2C#CCO)c1C. The largest absolute Gasteiger partial charge is 0.384 e. The van der Waals surface area contributed by atoms with Crippen LogP contribution >= 0.6 is 0 Å². The van der Waals surface area contributed by atoms with Crippen LogP contribution in [-0.2, 0) is 0 Å². The van der Waals surface area contributed by atoms with Gasteiger partial charge in [0.2, 0.25) is 0 Å². The highest BCUT2D eigenvalue weighted by atomic mass is 16.2. The van der Waals surface area contributed by atoms with Gasteiger partial charge in [-0.2, -0.15) is 0 Å². The molecule has 106 valence electrons. The van der Waals surface area contributed by atoms with Crippen LogP contribution in [0, 0.1) is 25.7 Å². The average Bonchev–Trinajstić information content (AvgIpc) is 2.50. The van der Waals surface area contributed by atoms with E-state index in [1.165, 1.54) is 6.20 Å². The van der Waals surface area contributed by atoms with Crippen molar-refractivity contribution in [2.24, 2.45) is 0 Å². The van der Waals surface area contributed by atoms with Crippen LogP contribution in [0.25, 0.3) is 0 Å². The molecule has 4 heteroatoms. The van der Waals surface area contributed by atoms with E-state index in [0.29, 0.717) is 11.1 Å². The number of anilines is 1. The van der Waals surface area contributed by atoms with E-state index in [1.54, 1.807) is 12.3 Å². The Morgan fingerprint density at radius 1 is 1.33 bits per heavy atom. The number of pyridine rings is 1. The maximum absolute atomic E-state index is 12.4. The molecule has 0 saturated heterocycles. The molecule has 21 heavy (non-hydrogen) atoms. The van der Waals surface area contributed by atoms with E-state index in [4.69, 9.17) is 5.11 Å². The Labute approximate surface area is 123 Å². The number of hydrogen-bond donors (Lipinski definition) is 2. The highest BCUT2D eigenvalue weighted by molar-refractivity contribution is 6.06. The number of benzene rings is 1. The molecule has 0 bridgehead atoms. The van der Waals surface area contributed by atoms with Crippen LogP contribution in [0.5, 0.6) is 0 Å². The Kier molecular flexibility index (Phi) is 4.70. The summed E-state index contributed by atoms with van der Waals surface area (Å²) in [7, 11) is 0. The van der Waals surface area contributed by atoms with Gasteiger partial charge in [-0.3, -0.25) is 9.78 Å². The van der Waals surface area contributed by atoms with Gasteiger partial charge in [-0.15, -0.1) is 0 Å². The molecule has 2 N–H and O–H groups in total. The molecule has 1 aromatic carbocycles. The van der Waals surface area contributed by atoms with Gasteiger partial charge in [0.1, 0.15) is 6.61 Å². The number of amides is 1. The first-order valence-electron chi connectivity index (χ1n) is 6.55. The number of rotatable bonds is 2. The Morgan fingerprint density at radius 2 is 2.14 bits per heavy atom. The van der Waals surface area contributed by atoms with Crippen molar-refractivity contribution in [3.8, 4) is 11.8 Å². The van der Waals surface area contributed by atoms with E-state index in [0.717, 1.165) is 16.8 Å². The lowest BCUT2D eigenvalue weighted by Gasteiger charge is -2.11. The van der Waals surface area contributed by atoms with Crippen LogP contribution in [0.1, 0.15) is 27.0 Å². The molecule has 0 radical (unpaired) electrons. The van der Waals surface area contributed by atoms with Crippen LogP contribution in [0.4, 0.5) is 5.69 Å². The first-order valence-corrected chi connectivity index (χ1v) is 6.55. The fourth-order valence-corrected chi connectivity index (χ4v) is 1.90. The standard InChI is InChI=1S/C17H16N2O2/c1-12-5-3-7-16(13(12)2)19-17(21)15-8-9-18-11-14(15)6-4-10-20/h3,5,7-9,11,20H,10H2,1-2H3,(H,19,21). The van der Waals surface area contributed by atoms with Gasteiger partial charge in [0.05, 0.1) is 11.1 Å². The van der Waals surface area contributed by atoms with Crippen molar-refractivity contribution in [3.63, 3.8) is 0 Å². The van der Waals surface area contributed by atoms with Crippen molar-refractivity contribution in [3.05, 3.63) is 58.9 Å². The van der Waals surface area contributed by atoms with Crippen molar-refractivity contribution in [2.75, 3.05) is 11.9 Å². The van der Waals surface area contributed by atoms with Gasteiger partial charge in [0, 0.05) is 18.1 Å². The zero-order valence-electron chi connectivity index (χ0n) is 12.0. The van der Waals surface area contributed by atoms with Crippen LogP contribution in [-0.4, -0.2) is 22.6 Å². The molecule has 0 aliphatic rings. The molecule has 1 amide bonds. The fraction of sp³-hybridized carbons (Fsp3) is 0.176. The normalized spacial score (nSPS) is 9.67. The first-order chi connectivity index (χ1) is 10.1. The van der Waals surface area contributed by atoms with E-state index in [2.05, 4.69) is 22.1 Å². The lowest BCUT2D eigenvalue weighted by molar-refractivity contribution is 0.102. The first kappa shape index (κ1) is 14.8. The number of carbonyl (C=O) groups is 1. The third kappa shape index (κ3) is 3.47. The molecular weight excluding hydrogens is 264 g/mol. The number of hydrogen-bond acceptors (Lipinski definition) is 3. The van der Waals surface area contributed by atoms with Gasteiger partial charge in [-0.1, -0.05) is 24.0 Å². The zero-order valence-corrected chi connectivity index (χ0v) is 12.0. The van der Waals surface area contributed by atoms with Crippen molar-refractivity contribution >= 4 is 11.6 Å². The lowest BCUT2D eigenvalue weighted by atomic mass is 10.1. The van der Waals surface area contributed by atoms with Crippen molar-refractivity contribution in [2.45, 2.75) is 13.8 Å². The molecule has 2 rings (SSSR count). The molecule has 0 unspecified atom stereocenters. The van der Waals surface area contributed by atoms with Crippen LogP contribution < -0.4 is 5.32 Å². The Morgan fingerprint density at radius 3 is 2.90 bits per heavy atom. The minimum absolute atomic E-state index is 0.242. The Balaban J connectivity index is 2.31. The van der Waals surface area contributed by atoms with Gasteiger partial charge < -0.3 is 10.4 Å². The number of aliphatic hydroxyl groups is 1. The minimum Gasteiger partial charge on any atom is -0.384 e. The third-order valence-electron chi connectivity index (χ3n) is 3.22. The molecule has 1 aromatic heterocycles. The van der Waals surface area contributed by atoms with E-state index in [9.17, 15) is 4.79 Å². The predicted octanol–water partition coefficient (Wildman–Crippen LogP) is 2.29. The summed E-state index contributed by atoms with van der Waals surface area (Å²) in [6.07, 6.45) is 3.06. The highest BCUT2D eigenvalue weighted by Gasteiger charge is 2.12. The molecular formula is C17H16N2O2. The maximum atomic E-state index is 12.4. The Hall–Kier alpha value is -2.64. The van der Waals surface area contributed by atoms with E-state index in [1.807, 2.05) is 32.0 Å². The molecule has 2 aromatic rings. The number of nitrogens with zero attached hydrogens (tertiary/aromatic N) is 1. The summed E-state index contributed by atoms with van der Waals surface area (Å²) in [6, 6.07) is 7.37. The van der Waals surface area contributed by atoms with Gasteiger partial charge in [0.25, 0.3) is 5.91 Å². The number of nitrogens with one attached hydrogen (secondary N) is 1. The lowest BCUT2D eigenvalue weighted by Crippen LogP contribution is -2.14. The summed E-state index contributed by atoms with van der Waals surface area (Å²) in [6.45, 7) is 3.70. The van der Waals surface area contributed by atoms with Crippen molar-refractivity contribution < 1.29 is 9.90 Å². The molecule has 1 heterocycles. The fourth-order valence-electron chi connectivity index (χ4n) is 1.90. The summed E-state index contributed by atoms with van der Waals surface area (Å²) in [5.74, 6) is 5.02. The Bertz CT molecular complexity index is 727. The monoisotopic (exact) mass is 280 g/mol. The van der Waals surface area contributed by atoms with E-state index < -0.39 is 0 Å². The molecule has 0 saturated carbocycles. The molecule has 0 aliphatic carbocycles. The van der Waals surface area contributed by atoms with Gasteiger partial charge >= 0.3 is 0 Å². The number of aryl methyl sites for hydroxylation is 1. The number of aromatic nitrogens is 1. The summed E-state index contributed by atoms with van der Waals surface area (Å²) in [5.41, 5.74) is 3.85. The van der Waals surface area contributed by atoms with Crippen LogP contribution in [0.15, 0.2) is 36.7 Å². The van der Waals surface area contributed by atoms with Gasteiger partial charge in [-0.25, -0.2) is 0 Å². The summed E-state index contributed by atoms with van der Waals surface area (Å²) < 4.78 is 0. The molecule has 0 spiro atoms. The maximum Gasteiger partial charge on any atom is 0.257 e. The zero-order chi connectivity index (χ0) is 15.2. The summed E-state index contributed by atoms with van der Waals surface area (Å²) in [4.78, 5) is 16.3. The molecule has 0 aliphatic heterocycles. The predicted molar refractivity (Wildman–Crippen MR) is 82.1 cm³/mol.